The molecule has 1 aromatic carbocycles. The number of carbonyl (C=O) groups is 1. The van der Waals surface area contributed by atoms with E-state index in [-0.39, 0.29) is 28.5 Å². The van der Waals surface area contributed by atoms with Crippen LogP contribution >= 0.6 is 0 Å². The number of hydrogen-bond donors (Lipinski definition) is 2. The summed E-state index contributed by atoms with van der Waals surface area (Å²) in [5.74, 6) is -0.989. The highest BCUT2D eigenvalue weighted by Gasteiger charge is 2.32. The predicted molar refractivity (Wildman–Crippen MR) is 104 cm³/mol. The Morgan fingerprint density at radius 3 is 2.60 bits per heavy atom. The van der Waals surface area contributed by atoms with E-state index >= 15 is 0 Å². The molecule has 2 heterocycles. The van der Waals surface area contributed by atoms with Crippen molar-refractivity contribution in [1.29, 1.82) is 0 Å². The summed E-state index contributed by atoms with van der Waals surface area (Å²) >= 11 is 0. The molecular weight excluding hydrogens is 401 g/mol. The standard InChI is InChI=1S/C21H19F3N2O4/c1-3-15(20(28)29-2)26-19-16(12-6-4-8-14(10-12)21(22,23)24)17(27)18(30-19)13-7-5-9-25-11-13/h4-11,15,26-27H,3H2,1-2H3. The second-order valence-corrected chi connectivity index (χ2v) is 6.43. The number of furan rings is 1. The number of nitrogens with one attached hydrogen (secondary N) is 1. The molecule has 158 valence electrons. The van der Waals surface area contributed by atoms with Crippen molar-refractivity contribution in [3.63, 3.8) is 0 Å². The minimum Gasteiger partial charge on any atom is -0.504 e. The van der Waals surface area contributed by atoms with Gasteiger partial charge in [0, 0.05) is 18.0 Å². The Labute approximate surface area is 170 Å². The number of esters is 1. The van der Waals surface area contributed by atoms with Gasteiger partial charge in [-0.05, 0) is 36.2 Å². The SMILES string of the molecule is CCC(Nc1oc(-c2cccnc2)c(O)c1-c1cccc(C(F)(F)F)c1)C(=O)OC. The van der Waals surface area contributed by atoms with Gasteiger partial charge >= 0.3 is 12.1 Å². The number of aromatic hydroxyl groups is 1. The van der Waals surface area contributed by atoms with Gasteiger partial charge in [-0.15, -0.1) is 0 Å². The number of alkyl halides is 3. The van der Waals surface area contributed by atoms with Crippen molar-refractivity contribution in [2.45, 2.75) is 25.6 Å². The zero-order valence-electron chi connectivity index (χ0n) is 16.2. The average molecular weight is 420 g/mol. The summed E-state index contributed by atoms with van der Waals surface area (Å²) < 4.78 is 50.1. The molecule has 0 radical (unpaired) electrons. The van der Waals surface area contributed by atoms with Crippen molar-refractivity contribution in [2.75, 3.05) is 12.4 Å². The second-order valence-electron chi connectivity index (χ2n) is 6.43. The van der Waals surface area contributed by atoms with Gasteiger partial charge in [0.25, 0.3) is 0 Å². The molecule has 0 spiro atoms. The van der Waals surface area contributed by atoms with Crippen LogP contribution in [0.15, 0.2) is 53.2 Å². The number of methoxy groups -OCH3 is 1. The topological polar surface area (TPSA) is 84.6 Å². The first kappa shape index (κ1) is 21.2. The van der Waals surface area contributed by atoms with Gasteiger partial charge in [0.2, 0.25) is 5.88 Å². The fraction of sp³-hybridized carbons (Fsp3) is 0.238. The van der Waals surface area contributed by atoms with Crippen molar-refractivity contribution < 1.29 is 32.2 Å². The number of ether oxygens (including phenoxy) is 1. The second kappa shape index (κ2) is 8.48. The zero-order valence-corrected chi connectivity index (χ0v) is 16.2. The first-order valence-corrected chi connectivity index (χ1v) is 9.04. The highest BCUT2D eigenvalue weighted by atomic mass is 19.4. The van der Waals surface area contributed by atoms with E-state index in [4.69, 9.17) is 9.15 Å². The lowest BCUT2D eigenvalue weighted by molar-refractivity contribution is -0.141. The maximum Gasteiger partial charge on any atom is 0.416 e. The van der Waals surface area contributed by atoms with Crippen LogP contribution in [0.3, 0.4) is 0 Å². The van der Waals surface area contributed by atoms with E-state index < -0.39 is 23.8 Å². The van der Waals surface area contributed by atoms with Crippen molar-refractivity contribution in [3.05, 3.63) is 54.4 Å². The predicted octanol–water partition coefficient (Wildman–Crippen LogP) is 5.10. The molecule has 0 fully saturated rings. The lowest BCUT2D eigenvalue weighted by Crippen LogP contribution is -2.29. The number of halogens is 3. The molecule has 3 rings (SSSR count). The fourth-order valence-electron chi connectivity index (χ4n) is 2.96. The Morgan fingerprint density at radius 2 is 2.00 bits per heavy atom. The summed E-state index contributed by atoms with van der Waals surface area (Å²) in [4.78, 5) is 16.0. The van der Waals surface area contributed by atoms with E-state index in [2.05, 4.69) is 10.3 Å². The third-order valence-corrected chi connectivity index (χ3v) is 4.48. The number of carbonyl (C=O) groups excluding carboxylic acids is 1. The molecule has 0 saturated carbocycles. The molecule has 2 N–H and O–H groups in total. The van der Waals surface area contributed by atoms with Crippen LogP contribution in [0, 0.1) is 0 Å². The smallest absolute Gasteiger partial charge is 0.416 e. The van der Waals surface area contributed by atoms with Crippen LogP contribution in [-0.4, -0.2) is 29.2 Å². The number of rotatable bonds is 6. The minimum absolute atomic E-state index is 0.00214. The van der Waals surface area contributed by atoms with Crippen LogP contribution in [0.4, 0.5) is 19.1 Å². The molecule has 2 aromatic heterocycles. The molecular formula is C21H19F3N2O4. The van der Waals surface area contributed by atoms with Gasteiger partial charge in [0.1, 0.15) is 6.04 Å². The van der Waals surface area contributed by atoms with E-state index in [0.717, 1.165) is 12.1 Å². The highest BCUT2D eigenvalue weighted by Crippen LogP contribution is 2.47. The first-order chi connectivity index (χ1) is 14.3. The molecule has 0 amide bonds. The summed E-state index contributed by atoms with van der Waals surface area (Å²) in [7, 11) is 1.22. The molecule has 30 heavy (non-hydrogen) atoms. The summed E-state index contributed by atoms with van der Waals surface area (Å²) in [5.41, 5.74) is -0.386. The van der Waals surface area contributed by atoms with E-state index in [0.29, 0.717) is 12.0 Å². The van der Waals surface area contributed by atoms with E-state index in [1.54, 1.807) is 19.1 Å². The fourth-order valence-corrected chi connectivity index (χ4v) is 2.96. The molecule has 0 aliphatic carbocycles. The van der Waals surface area contributed by atoms with Crippen LogP contribution in [0.25, 0.3) is 22.5 Å². The van der Waals surface area contributed by atoms with E-state index in [1.165, 1.54) is 31.6 Å². The van der Waals surface area contributed by atoms with Gasteiger partial charge in [0.15, 0.2) is 11.5 Å². The third-order valence-electron chi connectivity index (χ3n) is 4.48. The number of anilines is 1. The van der Waals surface area contributed by atoms with Gasteiger partial charge in [-0.1, -0.05) is 19.1 Å². The van der Waals surface area contributed by atoms with Gasteiger partial charge in [-0.3, -0.25) is 4.98 Å². The van der Waals surface area contributed by atoms with E-state index in [1.807, 2.05) is 0 Å². The molecule has 0 aliphatic heterocycles. The van der Waals surface area contributed by atoms with Crippen LogP contribution in [0.2, 0.25) is 0 Å². The largest absolute Gasteiger partial charge is 0.504 e. The molecule has 1 atom stereocenters. The average Bonchev–Trinajstić information content (AvgIpc) is 3.07. The monoisotopic (exact) mass is 420 g/mol. The Balaban J connectivity index is 2.17. The van der Waals surface area contributed by atoms with Crippen molar-refractivity contribution in [3.8, 4) is 28.2 Å². The van der Waals surface area contributed by atoms with Crippen molar-refractivity contribution >= 4 is 11.9 Å². The molecule has 1 unspecified atom stereocenters. The summed E-state index contributed by atoms with van der Waals surface area (Å²) in [6.45, 7) is 1.73. The minimum atomic E-state index is -4.56. The molecule has 9 heteroatoms. The number of pyridine rings is 1. The molecule has 0 saturated heterocycles. The Hall–Kier alpha value is -3.49. The van der Waals surface area contributed by atoms with Crippen LogP contribution in [0.5, 0.6) is 5.75 Å². The number of aromatic nitrogens is 1. The maximum atomic E-state index is 13.2. The Bertz CT molecular complexity index is 1030. The Kier molecular flexibility index (Phi) is 6.00. The number of benzene rings is 1. The van der Waals surface area contributed by atoms with Crippen LogP contribution in [0.1, 0.15) is 18.9 Å². The summed E-state index contributed by atoms with van der Waals surface area (Å²) in [5, 5.41) is 13.7. The Morgan fingerprint density at radius 1 is 1.27 bits per heavy atom. The quantitative estimate of drug-likeness (QED) is 0.540. The van der Waals surface area contributed by atoms with Crippen molar-refractivity contribution in [2.24, 2.45) is 0 Å². The molecule has 0 bridgehead atoms. The summed E-state index contributed by atoms with van der Waals surface area (Å²) in [6, 6.07) is 6.90. The lowest BCUT2D eigenvalue weighted by atomic mass is 10.0. The van der Waals surface area contributed by atoms with Crippen LogP contribution in [-0.2, 0) is 15.7 Å². The van der Waals surface area contributed by atoms with Gasteiger partial charge in [0.05, 0.1) is 18.2 Å². The molecule has 3 aromatic rings. The van der Waals surface area contributed by atoms with Gasteiger partial charge < -0.3 is 19.6 Å². The van der Waals surface area contributed by atoms with E-state index in [9.17, 15) is 23.1 Å². The number of hydrogen-bond acceptors (Lipinski definition) is 6. The van der Waals surface area contributed by atoms with Gasteiger partial charge in [-0.25, -0.2) is 4.79 Å². The molecule has 6 nitrogen and oxygen atoms in total. The van der Waals surface area contributed by atoms with Crippen LogP contribution < -0.4 is 5.32 Å². The number of nitrogens with zero attached hydrogens (tertiary/aromatic N) is 1. The highest BCUT2D eigenvalue weighted by molar-refractivity contribution is 5.89. The third kappa shape index (κ3) is 4.24. The first-order valence-electron chi connectivity index (χ1n) is 9.04. The normalized spacial score (nSPS) is 12.4. The summed E-state index contributed by atoms with van der Waals surface area (Å²) in [6.07, 6.45) is -1.28. The lowest BCUT2D eigenvalue weighted by Gasteiger charge is -2.15. The van der Waals surface area contributed by atoms with Gasteiger partial charge in [-0.2, -0.15) is 13.2 Å². The maximum absolute atomic E-state index is 13.2. The zero-order chi connectivity index (χ0) is 21.9. The molecule has 0 aliphatic rings. The van der Waals surface area contributed by atoms with Crippen molar-refractivity contribution in [1.82, 2.24) is 4.98 Å².